The predicted molar refractivity (Wildman–Crippen MR) is 122 cm³/mol. The van der Waals surface area contributed by atoms with Gasteiger partial charge in [0.2, 0.25) is 5.89 Å². The Kier molecular flexibility index (Phi) is 5.91. The fourth-order valence-electron chi connectivity index (χ4n) is 2.96. The Hall–Kier alpha value is -3.44. The third-order valence-electron chi connectivity index (χ3n) is 4.39. The van der Waals surface area contributed by atoms with E-state index in [0.717, 1.165) is 10.0 Å². The molecule has 4 rings (SSSR count). The minimum absolute atomic E-state index is 0.181. The van der Waals surface area contributed by atoms with Crippen LogP contribution < -0.4 is 4.74 Å². The number of hydrogen-bond acceptors (Lipinski definition) is 4. The molecule has 5 heteroatoms. The first-order chi connectivity index (χ1) is 14.6. The van der Waals surface area contributed by atoms with Crippen LogP contribution in [0.25, 0.3) is 22.7 Å². The van der Waals surface area contributed by atoms with Crippen molar-refractivity contribution in [3.05, 3.63) is 107 Å². The molecule has 0 amide bonds. The number of nitrogens with zero attached hydrogens (tertiary/aromatic N) is 1. The van der Waals surface area contributed by atoms with E-state index in [2.05, 4.69) is 20.9 Å². The topological polar surface area (TPSA) is 52.3 Å². The van der Waals surface area contributed by atoms with Crippen molar-refractivity contribution >= 4 is 44.5 Å². The second-order valence-electron chi connectivity index (χ2n) is 6.54. The number of oxazole rings is 1. The summed E-state index contributed by atoms with van der Waals surface area (Å²) in [6, 6.07) is 22.1. The van der Waals surface area contributed by atoms with Crippen LogP contribution in [0.15, 0.2) is 94.0 Å². The molecule has 3 aromatic carbocycles. The third kappa shape index (κ3) is 4.42. The van der Waals surface area contributed by atoms with E-state index in [1.165, 1.54) is 0 Å². The zero-order valence-electron chi connectivity index (χ0n) is 16.2. The van der Waals surface area contributed by atoms with Gasteiger partial charge in [-0.3, -0.25) is 4.79 Å². The maximum atomic E-state index is 13.4. The van der Waals surface area contributed by atoms with Crippen LogP contribution in [0.4, 0.5) is 0 Å². The molecule has 4 nitrogen and oxygen atoms in total. The second-order valence-corrected chi connectivity index (χ2v) is 7.46. The van der Waals surface area contributed by atoms with Gasteiger partial charge in [-0.25, -0.2) is 4.98 Å². The van der Waals surface area contributed by atoms with Gasteiger partial charge in [-0.1, -0.05) is 46.3 Å². The van der Waals surface area contributed by atoms with E-state index in [-0.39, 0.29) is 11.7 Å². The first-order valence-electron chi connectivity index (χ1n) is 9.40. The molecule has 0 radical (unpaired) electrons. The summed E-state index contributed by atoms with van der Waals surface area (Å²) in [5.74, 6) is 0.763. The minimum Gasteiger partial charge on any atom is -0.465 e. The van der Waals surface area contributed by atoms with Gasteiger partial charge in [0.05, 0.1) is 11.8 Å². The molecule has 0 spiro atoms. The van der Waals surface area contributed by atoms with Gasteiger partial charge in [0.25, 0.3) is 0 Å². The van der Waals surface area contributed by atoms with E-state index in [1.807, 2.05) is 55.5 Å². The second kappa shape index (κ2) is 8.93. The molecule has 0 aliphatic heterocycles. The average molecular weight is 460 g/mol. The number of hydrogen-bond donors (Lipinski definition) is 0. The van der Waals surface area contributed by atoms with Gasteiger partial charge in [0.1, 0.15) is 11.3 Å². The Morgan fingerprint density at radius 1 is 1.03 bits per heavy atom. The largest absolute Gasteiger partial charge is 0.465 e. The maximum Gasteiger partial charge on any atom is 0.231 e. The fourth-order valence-corrected chi connectivity index (χ4v) is 3.38. The summed E-state index contributed by atoms with van der Waals surface area (Å²) in [6.45, 7) is 1.87. The zero-order valence-corrected chi connectivity index (χ0v) is 17.8. The van der Waals surface area contributed by atoms with Crippen molar-refractivity contribution in [2.45, 2.75) is 6.92 Å². The van der Waals surface area contributed by atoms with E-state index < -0.39 is 0 Å². The molecule has 30 heavy (non-hydrogen) atoms. The van der Waals surface area contributed by atoms with Crippen molar-refractivity contribution in [3.63, 3.8) is 0 Å². The highest BCUT2D eigenvalue weighted by atomic mass is 79.9. The van der Waals surface area contributed by atoms with Crippen molar-refractivity contribution < 1.29 is 13.9 Å². The van der Waals surface area contributed by atoms with Crippen LogP contribution in [-0.4, -0.2) is 10.8 Å². The molecule has 4 aromatic rings. The number of carbonyl (C=O) groups excluding carboxylic acids is 1. The van der Waals surface area contributed by atoms with Crippen molar-refractivity contribution in [3.8, 4) is 5.75 Å². The monoisotopic (exact) mass is 459 g/mol. The van der Waals surface area contributed by atoms with E-state index in [4.69, 9.17) is 9.15 Å². The fraction of sp³-hybridized carbons (Fsp3) is 0.0400. The number of halogens is 1. The minimum atomic E-state index is -0.181. The summed E-state index contributed by atoms with van der Waals surface area (Å²) in [5.41, 5.74) is 3.10. The third-order valence-corrected chi connectivity index (χ3v) is 4.88. The van der Waals surface area contributed by atoms with Crippen molar-refractivity contribution in [1.29, 1.82) is 0 Å². The lowest BCUT2D eigenvalue weighted by molar-refractivity contribution is 0.105. The molecule has 0 fully saturated rings. The molecular weight excluding hydrogens is 442 g/mol. The van der Waals surface area contributed by atoms with Gasteiger partial charge in [0.15, 0.2) is 11.4 Å². The normalized spacial score (nSPS) is 11.9. The first-order valence-corrected chi connectivity index (χ1v) is 10.2. The Morgan fingerprint density at radius 2 is 1.83 bits per heavy atom. The van der Waals surface area contributed by atoms with Crippen molar-refractivity contribution in [1.82, 2.24) is 4.98 Å². The Labute approximate surface area is 182 Å². The van der Waals surface area contributed by atoms with Crippen molar-refractivity contribution in [2.75, 3.05) is 0 Å². The van der Waals surface area contributed by atoms with E-state index in [0.29, 0.717) is 28.0 Å². The highest BCUT2D eigenvalue weighted by molar-refractivity contribution is 9.10. The average Bonchev–Trinajstić information content (AvgIpc) is 3.20. The molecule has 0 saturated heterocycles. The molecule has 148 valence electrons. The van der Waals surface area contributed by atoms with E-state index >= 15 is 0 Å². The van der Waals surface area contributed by atoms with Gasteiger partial charge in [-0.2, -0.15) is 0 Å². The lowest BCUT2D eigenvalue weighted by Gasteiger charge is -2.06. The predicted octanol–water partition coefficient (Wildman–Crippen LogP) is 6.93. The quantitative estimate of drug-likeness (QED) is 0.178. The first kappa shape index (κ1) is 19.9. The number of allylic oxidation sites excluding steroid dienone is 2. The molecule has 0 N–H and O–H groups in total. The van der Waals surface area contributed by atoms with Gasteiger partial charge >= 0.3 is 0 Å². The smallest absolute Gasteiger partial charge is 0.231 e. The lowest BCUT2D eigenvalue weighted by atomic mass is 10.0. The standard InChI is InChI=1S/C25H18BrNO3/c1-2-14-29-20-12-10-18(11-13-20)24(28)21(16-17-6-5-7-19(26)15-17)25-27-22-8-3-4-9-23(22)30-25/h2-16H,1H3/b14-2+,21-16+. The molecule has 0 atom stereocenters. The number of carbonyl (C=O) groups is 1. The molecular formula is C25H18BrNO3. The number of para-hydroxylation sites is 2. The van der Waals surface area contributed by atoms with Crippen molar-refractivity contribution in [2.24, 2.45) is 0 Å². The van der Waals surface area contributed by atoms with Crippen LogP contribution in [-0.2, 0) is 0 Å². The van der Waals surface area contributed by atoms with Gasteiger partial charge in [-0.05, 0) is 67.1 Å². The summed E-state index contributed by atoms with van der Waals surface area (Å²) in [4.78, 5) is 17.9. The Balaban J connectivity index is 1.77. The number of rotatable bonds is 6. The molecule has 0 aliphatic rings. The summed E-state index contributed by atoms with van der Waals surface area (Å²) in [6.07, 6.45) is 5.18. The molecule has 1 heterocycles. The van der Waals surface area contributed by atoms with Crippen LogP contribution >= 0.6 is 15.9 Å². The highest BCUT2D eigenvalue weighted by Gasteiger charge is 2.20. The Bertz CT molecular complexity index is 1220. The number of fused-ring (bicyclic) bond motifs is 1. The number of benzene rings is 3. The van der Waals surface area contributed by atoms with Gasteiger partial charge in [0, 0.05) is 10.0 Å². The van der Waals surface area contributed by atoms with Gasteiger partial charge < -0.3 is 9.15 Å². The van der Waals surface area contributed by atoms with E-state index in [9.17, 15) is 4.79 Å². The van der Waals surface area contributed by atoms with Crippen LogP contribution in [0, 0.1) is 0 Å². The number of ketones is 1. The molecule has 1 aromatic heterocycles. The van der Waals surface area contributed by atoms with Crippen LogP contribution in [0.1, 0.15) is 28.7 Å². The zero-order chi connectivity index (χ0) is 20.9. The van der Waals surface area contributed by atoms with Gasteiger partial charge in [-0.15, -0.1) is 0 Å². The van der Waals surface area contributed by atoms with Crippen LogP contribution in [0.2, 0.25) is 0 Å². The van der Waals surface area contributed by atoms with E-state index in [1.54, 1.807) is 42.7 Å². The highest BCUT2D eigenvalue weighted by Crippen LogP contribution is 2.27. The SMILES string of the molecule is C/C=C/Oc1ccc(C(=O)/C(=C\c2cccc(Br)c2)c2nc3ccccc3o2)cc1. The number of Topliss-reactive ketones (excluding diaryl/α,β-unsaturated/α-hetero) is 1. The molecule has 0 saturated carbocycles. The Morgan fingerprint density at radius 3 is 2.57 bits per heavy atom. The van der Waals surface area contributed by atoms with Crippen LogP contribution in [0.3, 0.4) is 0 Å². The lowest BCUT2D eigenvalue weighted by Crippen LogP contribution is -2.03. The number of aromatic nitrogens is 1. The summed E-state index contributed by atoms with van der Waals surface area (Å²) in [5, 5.41) is 0. The summed E-state index contributed by atoms with van der Waals surface area (Å²) >= 11 is 3.47. The molecule has 0 bridgehead atoms. The van der Waals surface area contributed by atoms with Crippen LogP contribution in [0.5, 0.6) is 5.75 Å². The number of ether oxygens (including phenoxy) is 1. The molecule has 0 unspecified atom stereocenters. The maximum absolute atomic E-state index is 13.4. The summed E-state index contributed by atoms with van der Waals surface area (Å²) in [7, 11) is 0. The molecule has 0 aliphatic carbocycles. The summed E-state index contributed by atoms with van der Waals surface area (Å²) < 4.78 is 12.3.